The Balaban J connectivity index is 1.66. The number of ether oxygens (including phenoxy) is 2. The molecule has 0 saturated heterocycles. The molecule has 0 aliphatic heterocycles. The molecule has 8 heteroatoms. The van der Waals surface area contributed by atoms with Crippen LogP contribution in [0.2, 0.25) is 0 Å². The van der Waals surface area contributed by atoms with E-state index in [-0.39, 0.29) is 17.3 Å². The second-order valence-electron chi connectivity index (χ2n) is 9.90. The van der Waals surface area contributed by atoms with Gasteiger partial charge in [0.15, 0.2) is 6.61 Å². The number of carbonyl (C=O) groups is 1. The van der Waals surface area contributed by atoms with Gasteiger partial charge in [-0.3, -0.25) is 0 Å². The number of methoxy groups -OCH3 is 1. The van der Waals surface area contributed by atoms with E-state index >= 15 is 0 Å². The Labute approximate surface area is 254 Å². The van der Waals surface area contributed by atoms with Gasteiger partial charge in [-0.25, -0.2) is 4.79 Å². The van der Waals surface area contributed by atoms with Crippen LogP contribution in [0.4, 0.5) is 0 Å². The summed E-state index contributed by atoms with van der Waals surface area (Å²) in [5.74, 6) is 0.168. The Morgan fingerprint density at radius 1 is 0.786 bits per heavy atom. The molecule has 6 nitrogen and oxygen atoms in total. The highest BCUT2D eigenvalue weighted by atomic mass is 79.9. The third-order valence-corrected chi connectivity index (χ3v) is 8.87. The predicted molar refractivity (Wildman–Crippen MR) is 167 cm³/mol. The second kappa shape index (κ2) is 12.8. The van der Waals surface area contributed by atoms with E-state index in [0.717, 1.165) is 27.6 Å². The van der Waals surface area contributed by atoms with Gasteiger partial charge in [0, 0.05) is 29.4 Å². The molecule has 0 unspecified atom stereocenters. The Bertz CT molecular complexity index is 1820. The van der Waals surface area contributed by atoms with Crippen molar-refractivity contribution in [3.05, 3.63) is 135 Å². The van der Waals surface area contributed by atoms with E-state index in [2.05, 4.69) is 15.9 Å². The molecule has 0 radical (unpaired) electrons. The standard InChI is InChI=1S/C34H29BrO6S/c1-23-13-15-29(16-14-23)42(37,38)41-31-21-30-26(19-27(31)17-24-9-5-3-6-10-24)20-28(18-25-11-7-4-8-12-25)34(33(30)35)40-22-32(36)39-2/h3-16,19-21H,17-18,22H2,1-2H3. The fourth-order valence-electron chi connectivity index (χ4n) is 4.67. The highest BCUT2D eigenvalue weighted by Gasteiger charge is 2.22. The van der Waals surface area contributed by atoms with Crippen molar-refractivity contribution in [1.82, 2.24) is 0 Å². The number of hydrogen-bond acceptors (Lipinski definition) is 6. The molecule has 0 saturated carbocycles. The summed E-state index contributed by atoms with van der Waals surface area (Å²) in [6.45, 7) is 1.61. The molecule has 0 amide bonds. The van der Waals surface area contributed by atoms with Gasteiger partial charge in [0.25, 0.3) is 0 Å². The van der Waals surface area contributed by atoms with E-state index in [1.165, 1.54) is 19.2 Å². The molecule has 42 heavy (non-hydrogen) atoms. The van der Waals surface area contributed by atoms with Crippen LogP contribution < -0.4 is 8.92 Å². The Morgan fingerprint density at radius 3 is 1.95 bits per heavy atom. The number of esters is 1. The van der Waals surface area contributed by atoms with Crippen molar-refractivity contribution in [2.75, 3.05) is 13.7 Å². The van der Waals surface area contributed by atoms with Gasteiger partial charge in [0.05, 0.1) is 11.6 Å². The van der Waals surface area contributed by atoms with Gasteiger partial charge < -0.3 is 13.7 Å². The van der Waals surface area contributed by atoms with Crippen molar-refractivity contribution in [2.24, 2.45) is 0 Å². The van der Waals surface area contributed by atoms with Crippen molar-refractivity contribution >= 4 is 42.8 Å². The molecule has 5 rings (SSSR count). The number of hydrogen-bond donors (Lipinski definition) is 0. The zero-order valence-corrected chi connectivity index (χ0v) is 25.6. The van der Waals surface area contributed by atoms with E-state index < -0.39 is 16.1 Å². The molecule has 0 spiro atoms. The van der Waals surface area contributed by atoms with Gasteiger partial charge in [-0.2, -0.15) is 8.42 Å². The van der Waals surface area contributed by atoms with E-state index in [1.54, 1.807) is 18.2 Å². The van der Waals surface area contributed by atoms with Gasteiger partial charge in [-0.05, 0) is 69.7 Å². The van der Waals surface area contributed by atoms with Crippen LogP contribution in [-0.4, -0.2) is 28.1 Å². The first kappa shape index (κ1) is 29.4. The lowest BCUT2D eigenvalue weighted by molar-refractivity contribution is -0.142. The fraction of sp³-hybridized carbons (Fsp3) is 0.147. The van der Waals surface area contributed by atoms with Gasteiger partial charge in [-0.15, -0.1) is 0 Å². The fourth-order valence-corrected chi connectivity index (χ4v) is 6.34. The van der Waals surface area contributed by atoms with Crippen LogP contribution >= 0.6 is 15.9 Å². The number of carbonyl (C=O) groups excluding carboxylic acids is 1. The van der Waals surface area contributed by atoms with E-state index in [4.69, 9.17) is 13.7 Å². The summed E-state index contributed by atoms with van der Waals surface area (Å²) < 4.78 is 43.9. The molecule has 5 aromatic rings. The van der Waals surface area contributed by atoms with E-state index in [9.17, 15) is 13.2 Å². The number of benzene rings is 5. The van der Waals surface area contributed by atoms with E-state index in [0.29, 0.717) is 34.0 Å². The maximum Gasteiger partial charge on any atom is 0.343 e. The van der Waals surface area contributed by atoms with Crippen molar-refractivity contribution in [1.29, 1.82) is 0 Å². The largest absolute Gasteiger partial charge is 0.480 e. The lowest BCUT2D eigenvalue weighted by Crippen LogP contribution is -2.14. The summed E-state index contributed by atoms with van der Waals surface area (Å²) in [6.07, 6.45) is 1.02. The number of aryl methyl sites for hydroxylation is 1. The molecular weight excluding hydrogens is 616 g/mol. The van der Waals surface area contributed by atoms with Crippen molar-refractivity contribution in [2.45, 2.75) is 24.7 Å². The summed E-state index contributed by atoms with van der Waals surface area (Å²) in [7, 11) is -2.81. The maximum absolute atomic E-state index is 13.4. The zero-order valence-electron chi connectivity index (χ0n) is 23.2. The van der Waals surface area contributed by atoms with Crippen LogP contribution in [-0.2, 0) is 32.5 Å². The second-order valence-corrected chi connectivity index (χ2v) is 12.2. The molecule has 0 bridgehead atoms. The molecule has 0 aliphatic carbocycles. The normalized spacial score (nSPS) is 11.3. The van der Waals surface area contributed by atoms with Crippen LogP contribution in [0.1, 0.15) is 27.8 Å². The third-order valence-electron chi connectivity index (χ3n) is 6.84. The summed E-state index contributed by atoms with van der Waals surface area (Å²) in [6, 6.07) is 31.9. The molecule has 214 valence electrons. The Morgan fingerprint density at radius 2 is 1.36 bits per heavy atom. The summed E-state index contributed by atoms with van der Waals surface area (Å²) >= 11 is 3.69. The first-order chi connectivity index (χ1) is 20.2. The molecule has 0 aliphatic rings. The Kier molecular flexibility index (Phi) is 8.94. The minimum atomic E-state index is -4.12. The molecular formula is C34H29BrO6S. The summed E-state index contributed by atoms with van der Waals surface area (Å²) in [4.78, 5) is 12.0. The van der Waals surface area contributed by atoms with Crippen LogP contribution in [0.3, 0.4) is 0 Å². The van der Waals surface area contributed by atoms with Crippen LogP contribution in [0, 0.1) is 6.92 Å². The molecule has 0 heterocycles. The van der Waals surface area contributed by atoms with Crippen molar-refractivity contribution in [3.63, 3.8) is 0 Å². The molecule has 0 aromatic heterocycles. The minimum absolute atomic E-state index is 0.0678. The highest BCUT2D eigenvalue weighted by Crippen LogP contribution is 2.41. The lowest BCUT2D eigenvalue weighted by atomic mass is 9.96. The van der Waals surface area contributed by atoms with Gasteiger partial charge in [-0.1, -0.05) is 78.4 Å². The average molecular weight is 646 g/mol. The van der Waals surface area contributed by atoms with Crippen LogP contribution in [0.5, 0.6) is 11.5 Å². The smallest absolute Gasteiger partial charge is 0.343 e. The number of fused-ring (bicyclic) bond motifs is 1. The first-order valence-corrected chi connectivity index (χ1v) is 15.5. The number of halogens is 1. The van der Waals surface area contributed by atoms with Crippen LogP contribution in [0.25, 0.3) is 10.8 Å². The minimum Gasteiger partial charge on any atom is -0.480 e. The zero-order chi connectivity index (χ0) is 29.7. The molecule has 0 N–H and O–H groups in total. The van der Waals surface area contributed by atoms with Gasteiger partial charge in [0.2, 0.25) is 0 Å². The molecule has 0 atom stereocenters. The van der Waals surface area contributed by atoms with Crippen molar-refractivity contribution in [3.8, 4) is 11.5 Å². The topological polar surface area (TPSA) is 78.9 Å². The number of rotatable bonds is 10. The highest BCUT2D eigenvalue weighted by molar-refractivity contribution is 9.10. The van der Waals surface area contributed by atoms with Crippen molar-refractivity contribution < 1.29 is 26.9 Å². The quantitative estimate of drug-likeness (QED) is 0.116. The summed E-state index contributed by atoms with van der Waals surface area (Å²) in [5, 5.41) is 1.54. The van der Waals surface area contributed by atoms with Gasteiger partial charge >= 0.3 is 16.1 Å². The van der Waals surface area contributed by atoms with Crippen LogP contribution in [0.15, 0.2) is 112 Å². The molecule has 5 aromatic carbocycles. The Hall–Kier alpha value is -4.14. The monoisotopic (exact) mass is 644 g/mol. The molecule has 0 fully saturated rings. The third kappa shape index (κ3) is 6.83. The first-order valence-electron chi connectivity index (χ1n) is 13.3. The van der Waals surface area contributed by atoms with Gasteiger partial charge in [0.1, 0.15) is 16.4 Å². The average Bonchev–Trinajstić information content (AvgIpc) is 2.98. The van der Waals surface area contributed by atoms with E-state index in [1.807, 2.05) is 79.7 Å². The predicted octanol–water partition coefficient (Wildman–Crippen LogP) is 7.41. The lowest BCUT2D eigenvalue weighted by Gasteiger charge is -2.18. The SMILES string of the molecule is COC(=O)COc1c(Cc2ccccc2)cc2cc(Cc3ccccc3)c(OS(=O)(=O)c3ccc(C)cc3)cc2c1Br. The maximum atomic E-state index is 13.4. The summed E-state index contributed by atoms with van der Waals surface area (Å²) in [5.41, 5.74) is 4.59.